The second-order valence-corrected chi connectivity index (χ2v) is 9.49. The van der Waals surface area contributed by atoms with Crippen molar-refractivity contribution >= 4 is 34.3 Å². The van der Waals surface area contributed by atoms with Crippen molar-refractivity contribution in [3.63, 3.8) is 0 Å². The maximum atomic E-state index is 11.6. The Labute approximate surface area is 225 Å². The fourth-order valence-electron chi connectivity index (χ4n) is 4.69. The first-order chi connectivity index (χ1) is 18.4. The summed E-state index contributed by atoms with van der Waals surface area (Å²) in [5.74, 6) is -0.276. The molecule has 3 aromatic rings. The van der Waals surface area contributed by atoms with Gasteiger partial charge in [0.25, 0.3) is 0 Å². The number of nitrogens with two attached hydrogens (primary N) is 1. The van der Waals surface area contributed by atoms with Gasteiger partial charge in [0.05, 0.1) is 18.0 Å². The van der Waals surface area contributed by atoms with Gasteiger partial charge in [-0.2, -0.15) is 0 Å². The molecule has 0 aliphatic heterocycles. The largest absolute Gasteiger partial charge is 0.397 e. The topological polar surface area (TPSA) is 110 Å². The van der Waals surface area contributed by atoms with E-state index in [0.29, 0.717) is 23.4 Å². The monoisotopic (exact) mass is 517 g/mol. The highest BCUT2D eigenvalue weighted by Gasteiger charge is 2.22. The maximum Gasteiger partial charge on any atom is 0.247 e. The van der Waals surface area contributed by atoms with Gasteiger partial charge < -0.3 is 26.0 Å². The van der Waals surface area contributed by atoms with Crippen molar-refractivity contribution in [2.24, 2.45) is 0 Å². The number of carbonyl (C=O) groups excluding carboxylic acids is 2. The number of nitrogens with zero attached hydrogens (tertiary/aromatic N) is 2. The van der Waals surface area contributed by atoms with Crippen molar-refractivity contribution in [2.45, 2.75) is 37.8 Å². The third-order valence-electron chi connectivity index (χ3n) is 7.07. The van der Waals surface area contributed by atoms with E-state index in [1.807, 2.05) is 36.4 Å². The summed E-state index contributed by atoms with van der Waals surface area (Å²) in [4.78, 5) is 29.4. The van der Waals surface area contributed by atoms with Crippen molar-refractivity contribution in [1.29, 1.82) is 0 Å². The number of methoxy groups -OCH3 is 1. The molecule has 1 saturated carbocycles. The predicted molar refractivity (Wildman–Crippen MR) is 155 cm³/mol. The van der Waals surface area contributed by atoms with Gasteiger partial charge in [0.15, 0.2) is 6.29 Å². The average molecular weight is 518 g/mol. The Hall–Kier alpha value is -3.59. The number of benzene rings is 2. The number of amides is 1. The molecule has 202 valence electrons. The molecule has 1 heterocycles. The number of rotatable bonds is 9. The second-order valence-electron chi connectivity index (χ2n) is 9.49. The minimum absolute atomic E-state index is 0.209. The molecule has 0 atom stereocenters. The number of likely N-dealkylation sites (N-methyl/N-ethyl adjacent to an activating group) is 1. The van der Waals surface area contributed by atoms with Crippen LogP contribution in [-0.2, 0) is 9.53 Å². The van der Waals surface area contributed by atoms with Crippen molar-refractivity contribution in [1.82, 2.24) is 15.2 Å². The summed E-state index contributed by atoms with van der Waals surface area (Å²) < 4.78 is 5.09. The first kappa shape index (κ1) is 29.0. The fourth-order valence-corrected chi connectivity index (χ4v) is 4.69. The van der Waals surface area contributed by atoms with E-state index in [0.717, 1.165) is 41.6 Å². The van der Waals surface area contributed by atoms with Gasteiger partial charge in [0.1, 0.15) is 5.69 Å². The lowest BCUT2D eigenvalue weighted by Gasteiger charge is -2.34. The van der Waals surface area contributed by atoms with E-state index in [1.54, 1.807) is 19.2 Å². The predicted octanol–water partition coefficient (Wildman–Crippen LogP) is 4.52. The lowest BCUT2D eigenvalue weighted by atomic mass is 9.90. The second kappa shape index (κ2) is 14.4. The number of carbonyl (C=O) groups is 2. The van der Waals surface area contributed by atoms with E-state index in [1.165, 1.54) is 31.8 Å². The van der Waals surface area contributed by atoms with E-state index in [9.17, 15) is 9.59 Å². The Balaban J connectivity index is 0.000000244. The van der Waals surface area contributed by atoms with Gasteiger partial charge in [0, 0.05) is 42.4 Å². The van der Waals surface area contributed by atoms with Crippen LogP contribution < -0.4 is 16.4 Å². The molecule has 1 aliphatic rings. The first-order valence-electron chi connectivity index (χ1n) is 12.9. The molecule has 1 fully saturated rings. The maximum absolute atomic E-state index is 11.6. The van der Waals surface area contributed by atoms with Gasteiger partial charge in [0.2, 0.25) is 5.91 Å². The minimum atomic E-state index is -0.276. The molecular weight excluding hydrogens is 478 g/mol. The van der Waals surface area contributed by atoms with Gasteiger partial charge in [-0.15, -0.1) is 0 Å². The summed E-state index contributed by atoms with van der Waals surface area (Å²) in [6.07, 6.45) is 7.14. The number of aldehydes is 1. The van der Waals surface area contributed by atoms with Crippen LogP contribution in [0.2, 0.25) is 0 Å². The number of pyridine rings is 1. The molecule has 0 saturated heterocycles. The van der Waals surface area contributed by atoms with Crippen LogP contribution in [-0.4, -0.2) is 68.5 Å². The Morgan fingerprint density at radius 1 is 1.18 bits per heavy atom. The number of anilines is 2. The summed E-state index contributed by atoms with van der Waals surface area (Å²) in [6, 6.07) is 16.3. The summed E-state index contributed by atoms with van der Waals surface area (Å²) in [5.41, 5.74) is 8.41. The molecule has 1 amide bonds. The summed E-state index contributed by atoms with van der Waals surface area (Å²) in [5, 5.41) is 8.00. The van der Waals surface area contributed by atoms with E-state index >= 15 is 0 Å². The van der Waals surface area contributed by atoms with Gasteiger partial charge >= 0.3 is 0 Å². The molecule has 38 heavy (non-hydrogen) atoms. The van der Waals surface area contributed by atoms with Gasteiger partial charge in [-0.1, -0.05) is 30.8 Å². The lowest BCUT2D eigenvalue weighted by molar-refractivity contribution is -0.111. The molecule has 0 radical (unpaired) electrons. The van der Waals surface area contributed by atoms with E-state index in [-0.39, 0.29) is 11.6 Å². The molecular formula is C30H39N5O3. The van der Waals surface area contributed by atoms with E-state index < -0.39 is 0 Å². The van der Waals surface area contributed by atoms with E-state index in [2.05, 4.69) is 41.2 Å². The number of aromatic nitrogens is 1. The number of nitrogen functional groups attached to an aromatic ring is 1. The average Bonchev–Trinajstić information content (AvgIpc) is 2.96. The van der Waals surface area contributed by atoms with Crippen LogP contribution in [0, 0.1) is 0 Å². The van der Waals surface area contributed by atoms with E-state index in [4.69, 9.17) is 10.5 Å². The fraction of sp³-hybridized carbons (Fsp3) is 0.367. The normalized spacial score (nSPS) is 16.9. The Morgan fingerprint density at radius 3 is 2.61 bits per heavy atom. The molecule has 0 spiro atoms. The highest BCUT2D eigenvalue weighted by Crippen LogP contribution is 2.29. The highest BCUT2D eigenvalue weighted by molar-refractivity contribution is 6.06. The van der Waals surface area contributed by atoms with Crippen molar-refractivity contribution < 1.29 is 14.3 Å². The number of nitrogens with one attached hydrogen (secondary N) is 2. The zero-order valence-electron chi connectivity index (χ0n) is 22.6. The standard InChI is InChI=1S/C19H15N3O2.C11H24N2O/c1-2-19(24)22-17-5-3-4-12-6-7-13(10-14(12)17)16-9-8-15(20)18(11-23)21-16;1-12-10-4-6-11(7-5-10)13(2)8-9-14-3/h2-11H,1,20H2,(H,22,24);10-12H,4-9H2,1-3H3. The summed E-state index contributed by atoms with van der Waals surface area (Å²) in [6.45, 7) is 5.37. The molecule has 0 unspecified atom stereocenters. The third-order valence-corrected chi connectivity index (χ3v) is 7.07. The molecule has 1 aromatic heterocycles. The number of ether oxygens (including phenoxy) is 1. The van der Waals surface area contributed by atoms with Crippen LogP contribution in [0.4, 0.5) is 11.4 Å². The number of hydrogen-bond donors (Lipinski definition) is 3. The van der Waals surface area contributed by atoms with Crippen LogP contribution in [0.3, 0.4) is 0 Å². The SMILES string of the molecule is C=CC(=O)Nc1cccc2ccc(-c3ccc(N)c(C=O)n3)cc12.CNC1CCC(N(C)CCOC)CC1. The molecule has 8 nitrogen and oxygen atoms in total. The molecule has 0 bridgehead atoms. The number of fused-ring (bicyclic) bond motifs is 1. The van der Waals surface area contributed by atoms with Crippen LogP contribution in [0.25, 0.3) is 22.0 Å². The summed E-state index contributed by atoms with van der Waals surface area (Å²) >= 11 is 0. The lowest BCUT2D eigenvalue weighted by Crippen LogP contribution is -2.40. The Morgan fingerprint density at radius 2 is 1.95 bits per heavy atom. The smallest absolute Gasteiger partial charge is 0.247 e. The van der Waals surface area contributed by atoms with Crippen LogP contribution in [0.5, 0.6) is 0 Å². The zero-order chi connectivity index (χ0) is 27.5. The van der Waals surface area contributed by atoms with Crippen molar-refractivity contribution in [3.8, 4) is 11.3 Å². The molecule has 4 N–H and O–H groups in total. The highest BCUT2D eigenvalue weighted by atomic mass is 16.5. The first-order valence-corrected chi connectivity index (χ1v) is 12.9. The van der Waals surface area contributed by atoms with Gasteiger partial charge in [-0.3, -0.25) is 9.59 Å². The summed E-state index contributed by atoms with van der Waals surface area (Å²) in [7, 11) is 6.05. The minimum Gasteiger partial charge on any atom is -0.397 e. The van der Waals surface area contributed by atoms with Gasteiger partial charge in [-0.05, 0) is 75.5 Å². The number of hydrogen-bond acceptors (Lipinski definition) is 7. The van der Waals surface area contributed by atoms with Crippen LogP contribution in [0.15, 0.2) is 61.2 Å². The van der Waals surface area contributed by atoms with Crippen LogP contribution >= 0.6 is 0 Å². The van der Waals surface area contributed by atoms with Gasteiger partial charge in [-0.25, -0.2) is 4.98 Å². The molecule has 2 aromatic carbocycles. The zero-order valence-corrected chi connectivity index (χ0v) is 22.6. The molecule has 8 heteroatoms. The van der Waals surface area contributed by atoms with Crippen molar-refractivity contribution in [3.05, 3.63) is 66.9 Å². The third kappa shape index (κ3) is 7.71. The van der Waals surface area contributed by atoms with Crippen molar-refractivity contribution in [2.75, 3.05) is 45.4 Å². The molecule has 1 aliphatic carbocycles. The van der Waals surface area contributed by atoms with Crippen LogP contribution in [0.1, 0.15) is 36.2 Å². The quantitative estimate of drug-likeness (QED) is 0.283. The Kier molecular flexibility index (Phi) is 11.0. The molecule has 4 rings (SSSR count). The Bertz CT molecular complexity index is 1240.